The summed E-state index contributed by atoms with van der Waals surface area (Å²) in [5, 5.41) is 9.28. The van der Waals surface area contributed by atoms with Crippen LogP contribution in [0, 0.1) is 46.3 Å². The van der Waals surface area contributed by atoms with Crippen molar-refractivity contribution in [1.82, 2.24) is 0 Å². The molecular weight excluding hydrogens is 374 g/mol. The first-order valence-corrected chi connectivity index (χ1v) is 10.8. The molecule has 7 nitrogen and oxygen atoms in total. The van der Waals surface area contributed by atoms with Gasteiger partial charge in [0, 0.05) is 0 Å². The number of hydrogen-bond donors (Lipinski definition) is 0. The molecule has 8 unspecified atom stereocenters. The minimum Gasteiger partial charge on any atom is -0.462 e. The SMILES string of the molecule is CCC(C)(C)C(=O)OC1CC2CC1CC2C(=O)OC1CCC2OC(=O)C(C#N)C21. The highest BCUT2D eigenvalue weighted by atomic mass is 16.6. The first-order valence-electron chi connectivity index (χ1n) is 10.8. The predicted octanol–water partition coefficient (Wildman–Crippen LogP) is 2.77. The standard InChI is InChI=1S/C22H29NO6/c1-4-22(2,3)21(26)29-17-9-11-7-12(17)8-13(11)19(24)27-15-5-6-16-18(15)14(10-23)20(25)28-16/h11-18H,4-9H2,1-3H3. The van der Waals surface area contributed by atoms with E-state index in [0.29, 0.717) is 25.7 Å². The second-order valence-electron chi connectivity index (χ2n) is 9.73. The lowest BCUT2D eigenvalue weighted by Gasteiger charge is -2.30. The van der Waals surface area contributed by atoms with Gasteiger partial charge in [0.25, 0.3) is 0 Å². The molecule has 0 spiro atoms. The zero-order valence-electron chi connectivity index (χ0n) is 17.3. The van der Waals surface area contributed by atoms with Crippen LogP contribution in [0.5, 0.6) is 0 Å². The van der Waals surface area contributed by atoms with Gasteiger partial charge in [0.05, 0.1) is 23.3 Å². The molecule has 0 aromatic carbocycles. The average molecular weight is 403 g/mol. The number of nitrogens with zero attached hydrogens (tertiary/aromatic N) is 1. The van der Waals surface area contributed by atoms with Crippen LogP contribution in [0.1, 0.15) is 59.3 Å². The lowest BCUT2D eigenvalue weighted by Crippen LogP contribution is -2.37. The number of nitriles is 1. The minimum atomic E-state index is -0.842. The highest BCUT2D eigenvalue weighted by molar-refractivity contribution is 5.79. The van der Waals surface area contributed by atoms with Crippen molar-refractivity contribution in [2.45, 2.75) is 77.6 Å². The van der Waals surface area contributed by atoms with Gasteiger partial charge in [-0.25, -0.2) is 0 Å². The zero-order valence-corrected chi connectivity index (χ0v) is 17.3. The molecule has 3 aliphatic carbocycles. The maximum absolute atomic E-state index is 12.9. The van der Waals surface area contributed by atoms with E-state index in [1.54, 1.807) is 0 Å². The normalized spacial score (nSPS) is 40.3. The van der Waals surface area contributed by atoms with Crippen molar-refractivity contribution in [3.63, 3.8) is 0 Å². The Hall–Kier alpha value is -2.10. The molecule has 0 radical (unpaired) electrons. The van der Waals surface area contributed by atoms with Crippen molar-refractivity contribution in [3.8, 4) is 6.07 Å². The molecule has 1 saturated heterocycles. The molecule has 8 atom stereocenters. The molecule has 4 fully saturated rings. The van der Waals surface area contributed by atoms with Gasteiger partial charge in [-0.15, -0.1) is 0 Å². The van der Waals surface area contributed by atoms with Crippen molar-refractivity contribution < 1.29 is 28.6 Å². The molecule has 4 rings (SSSR count). The summed E-state index contributed by atoms with van der Waals surface area (Å²) in [4.78, 5) is 37.0. The maximum Gasteiger partial charge on any atom is 0.324 e. The molecule has 0 N–H and O–H groups in total. The Kier molecular flexibility index (Phi) is 5.08. The molecule has 7 heteroatoms. The Morgan fingerprint density at radius 3 is 2.52 bits per heavy atom. The number of hydrogen-bond acceptors (Lipinski definition) is 7. The number of ether oxygens (including phenoxy) is 3. The molecule has 0 amide bonds. The summed E-state index contributed by atoms with van der Waals surface area (Å²) >= 11 is 0. The Morgan fingerprint density at radius 1 is 1.14 bits per heavy atom. The molecule has 29 heavy (non-hydrogen) atoms. The Labute approximate surface area is 171 Å². The van der Waals surface area contributed by atoms with E-state index in [1.807, 2.05) is 26.8 Å². The Morgan fingerprint density at radius 2 is 1.90 bits per heavy atom. The van der Waals surface area contributed by atoms with Crippen LogP contribution in [0.3, 0.4) is 0 Å². The second kappa shape index (κ2) is 7.30. The number of rotatable bonds is 5. The van der Waals surface area contributed by atoms with Gasteiger partial charge in [0.2, 0.25) is 0 Å². The summed E-state index contributed by atoms with van der Waals surface area (Å²) in [5.74, 6) is -1.91. The quantitative estimate of drug-likeness (QED) is 0.514. The second-order valence-corrected chi connectivity index (χ2v) is 9.73. The van der Waals surface area contributed by atoms with Crippen molar-refractivity contribution >= 4 is 17.9 Å². The summed E-state index contributed by atoms with van der Waals surface area (Å²) in [5.41, 5.74) is -0.489. The van der Waals surface area contributed by atoms with Gasteiger partial charge in [0.1, 0.15) is 18.3 Å². The summed E-state index contributed by atoms with van der Waals surface area (Å²) in [6, 6.07) is 2.01. The third-order valence-electron chi connectivity index (χ3n) is 7.70. The van der Waals surface area contributed by atoms with E-state index >= 15 is 0 Å². The van der Waals surface area contributed by atoms with Crippen molar-refractivity contribution in [2.75, 3.05) is 0 Å². The predicted molar refractivity (Wildman–Crippen MR) is 99.9 cm³/mol. The van der Waals surface area contributed by atoms with Crippen molar-refractivity contribution in [1.29, 1.82) is 5.26 Å². The lowest BCUT2D eigenvalue weighted by molar-refractivity contribution is -0.165. The summed E-state index contributed by atoms with van der Waals surface area (Å²) in [6.07, 6.45) is 3.39. The van der Waals surface area contributed by atoms with Gasteiger partial charge < -0.3 is 14.2 Å². The summed E-state index contributed by atoms with van der Waals surface area (Å²) < 4.78 is 16.8. The molecule has 2 bridgehead atoms. The van der Waals surface area contributed by atoms with E-state index in [1.165, 1.54) is 0 Å². The van der Waals surface area contributed by atoms with Gasteiger partial charge >= 0.3 is 17.9 Å². The van der Waals surface area contributed by atoms with Gasteiger partial charge in [0.15, 0.2) is 5.92 Å². The van der Waals surface area contributed by atoms with Crippen LogP contribution in [0.4, 0.5) is 0 Å². The summed E-state index contributed by atoms with van der Waals surface area (Å²) in [7, 11) is 0. The van der Waals surface area contributed by atoms with E-state index in [4.69, 9.17) is 14.2 Å². The molecule has 4 aliphatic rings. The number of fused-ring (bicyclic) bond motifs is 3. The van der Waals surface area contributed by atoms with Crippen LogP contribution < -0.4 is 0 Å². The highest BCUT2D eigenvalue weighted by Gasteiger charge is 2.56. The lowest BCUT2D eigenvalue weighted by atomic mass is 9.86. The van der Waals surface area contributed by atoms with E-state index in [9.17, 15) is 19.6 Å². The molecule has 0 aromatic rings. The van der Waals surface area contributed by atoms with Crippen LogP contribution in [-0.2, 0) is 28.6 Å². The fraction of sp³-hybridized carbons (Fsp3) is 0.818. The fourth-order valence-corrected chi connectivity index (χ4v) is 5.51. The van der Waals surface area contributed by atoms with Crippen molar-refractivity contribution in [3.05, 3.63) is 0 Å². The average Bonchev–Trinajstić information content (AvgIpc) is 3.43. The Bertz CT molecular complexity index is 755. The minimum absolute atomic E-state index is 0.109. The smallest absolute Gasteiger partial charge is 0.324 e. The first kappa shape index (κ1) is 20.2. The third-order valence-corrected chi connectivity index (χ3v) is 7.70. The van der Waals surface area contributed by atoms with Gasteiger partial charge in [-0.05, 0) is 64.2 Å². The van der Waals surface area contributed by atoms with Gasteiger partial charge in [-0.2, -0.15) is 5.26 Å². The zero-order chi connectivity index (χ0) is 20.9. The fourth-order valence-electron chi connectivity index (χ4n) is 5.51. The third kappa shape index (κ3) is 3.41. The maximum atomic E-state index is 12.9. The number of carbonyl (C=O) groups is 3. The van der Waals surface area contributed by atoms with E-state index in [-0.39, 0.29) is 47.8 Å². The van der Waals surface area contributed by atoms with Crippen LogP contribution in [0.2, 0.25) is 0 Å². The molecular formula is C22H29NO6. The highest BCUT2D eigenvalue weighted by Crippen LogP contribution is 2.51. The van der Waals surface area contributed by atoms with E-state index in [2.05, 4.69) is 0 Å². The molecule has 0 aromatic heterocycles. The van der Waals surface area contributed by atoms with Gasteiger partial charge in [-0.3, -0.25) is 14.4 Å². The van der Waals surface area contributed by atoms with E-state index in [0.717, 1.165) is 12.8 Å². The molecule has 3 saturated carbocycles. The topological polar surface area (TPSA) is 103 Å². The first-order chi connectivity index (χ1) is 13.7. The Balaban J connectivity index is 1.33. The summed E-state index contributed by atoms with van der Waals surface area (Å²) in [6.45, 7) is 5.76. The van der Waals surface area contributed by atoms with Crippen LogP contribution >= 0.6 is 0 Å². The van der Waals surface area contributed by atoms with Gasteiger partial charge in [-0.1, -0.05) is 6.92 Å². The molecule has 158 valence electrons. The monoisotopic (exact) mass is 403 g/mol. The van der Waals surface area contributed by atoms with Crippen LogP contribution in [0.15, 0.2) is 0 Å². The number of esters is 3. The largest absolute Gasteiger partial charge is 0.462 e. The van der Waals surface area contributed by atoms with Crippen LogP contribution in [-0.4, -0.2) is 36.2 Å². The van der Waals surface area contributed by atoms with Crippen molar-refractivity contribution in [2.24, 2.45) is 35.0 Å². The van der Waals surface area contributed by atoms with Crippen LogP contribution in [0.25, 0.3) is 0 Å². The molecule has 1 aliphatic heterocycles. The number of carbonyl (C=O) groups excluding carboxylic acids is 3. The molecule has 1 heterocycles. The van der Waals surface area contributed by atoms with E-state index < -0.39 is 23.4 Å².